The molecule has 1 aromatic rings. The molecule has 1 saturated heterocycles. The first-order valence-corrected chi connectivity index (χ1v) is 6.60. The van der Waals surface area contributed by atoms with Gasteiger partial charge in [0, 0.05) is 13.2 Å². The van der Waals surface area contributed by atoms with E-state index in [-0.39, 0.29) is 6.61 Å². The number of carbonyl (C=O) groups is 1. The second-order valence-corrected chi connectivity index (χ2v) is 4.69. The fourth-order valence-corrected chi connectivity index (χ4v) is 1.57. The molecule has 13 nitrogen and oxygen atoms in total. The van der Waals surface area contributed by atoms with E-state index in [1.807, 2.05) is 0 Å². The minimum atomic E-state index is -1.48. The van der Waals surface area contributed by atoms with Gasteiger partial charge in [0.1, 0.15) is 24.1 Å². The first kappa shape index (κ1) is 19.4. The molecule has 1 aliphatic rings. The molecule has 7 N–H and O–H groups in total. The smallest absolute Gasteiger partial charge is 0.346 e. The van der Waals surface area contributed by atoms with Crippen molar-refractivity contribution in [2.75, 3.05) is 19.4 Å². The van der Waals surface area contributed by atoms with E-state index < -0.39 is 36.3 Å². The number of aliphatic hydroxyl groups excluding tert-OH is 3. The summed E-state index contributed by atoms with van der Waals surface area (Å²) in [6, 6.07) is 0.629. The first-order valence-electron chi connectivity index (χ1n) is 6.60. The van der Waals surface area contributed by atoms with Crippen LogP contribution in [-0.4, -0.2) is 74.5 Å². The molecule has 0 aliphatic carbocycles. The minimum absolute atomic E-state index is 0.235. The fraction of sp³-hybridized carbons (Fsp3) is 0.545. The van der Waals surface area contributed by atoms with Gasteiger partial charge in [-0.15, -0.1) is 4.91 Å². The molecule has 24 heavy (non-hydrogen) atoms. The van der Waals surface area contributed by atoms with Crippen molar-refractivity contribution in [3.8, 4) is 0 Å². The number of ether oxygens (including phenoxy) is 1. The highest BCUT2D eigenvalue weighted by molar-refractivity contribution is 5.73. The van der Waals surface area contributed by atoms with E-state index in [1.54, 1.807) is 0 Å². The predicted octanol–water partition coefficient (Wildman–Crippen LogP) is -2.90. The number of nitroso groups, excluding NO2 is 1. The standard InChI is InChI=1S/C7H13N3O6.C4H5N3O/c1-10(9-15)7(14)8-6-5(13)4(12)3(11)2-16-6;5-3-1-2-6-4(8)7-3/h3-6,11-13H,2H2,1H3,(H,8,14);1-2H,(H3,5,6,7,8)/t3-,4-,5+,6?;/m1./s1. The van der Waals surface area contributed by atoms with Crippen LogP contribution in [0.2, 0.25) is 0 Å². The largest absolute Gasteiger partial charge is 0.388 e. The molecule has 0 saturated carbocycles. The number of aromatic nitrogens is 2. The van der Waals surface area contributed by atoms with E-state index in [1.165, 1.54) is 12.3 Å². The summed E-state index contributed by atoms with van der Waals surface area (Å²) in [4.78, 5) is 37.0. The highest BCUT2D eigenvalue weighted by Gasteiger charge is 2.38. The molecule has 2 rings (SSSR count). The third-order valence-corrected chi connectivity index (χ3v) is 2.88. The summed E-state index contributed by atoms with van der Waals surface area (Å²) in [5, 5.41) is 32.8. The zero-order valence-electron chi connectivity index (χ0n) is 12.6. The van der Waals surface area contributed by atoms with E-state index in [4.69, 9.17) is 15.6 Å². The maximum atomic E-state index is 11.2. The Morgan fingerprint density at radius 2 is 2.17 bits per heavy atom. The van der Waals surface area contributed by atoms with Gasteiger partial charge in [-0.2, -0.15) is 5.01 Å². The number of carbonyl (C=O) groups excluding carboxylic acids is 1. The molecule has 0 aromatic carbocycles. The SMILES string of the molecule is CN(N=O)C(=O)NC1OC[C@@H](O)[C@@H](O)[C@@H]1O.Nc1ccnc(=O)[nH]1. The summed E-state index contributed by atoms with van der Waals surface area (Å²) >= 11 is 0. The molecular weight excluding hydrogens is 328 g/mol. The summed E-state index contributed by atoms with van der Waals surface area (Å²) in [7, 11) is 1.11. The maximum absolute atomic E-state index is 11.2. The van der Waals surface area contributed by atoms with Crippen LogP contribution in [0.5, 0.6) is 0 Å². The number of amides is 2. The van der Waals surface area contributed by atoms with Crippen molar-refractivity contribution in [1.29, 1.82) is 0 Å². The van der Waals surface area contributed by atoms with Crippen molar-refractivity contribution in [2.45, 2.75) is 24.5 Å². The Morgan fingerprint density at radius 1 is 1.50 bits per heavy atom. The number of aliphatic hydroxyl groups is 3. The average Bonchev–Trinajstić information content (AvgIpc) is 2.55. The maximum Gasteiger partial charge on any atom is 0.346 e. The number of hydrogen-bond acceptors (Lipinski definition) is 10. The fourth-order valence-electron chi connectivity index (χ4n) is 1.57. The van der Waals surface area contributed by atoms with Gasteiger partial charge in [0.05, 0.1) is 11.9 Å². The van der Waals surface area contributed by atoms with Crippen LogP contribution < -0.4 is 16.7 Å². The van der Waals surface area contributed by atoms with Gasteiger partial charge in [-0.3, -0.25) is 4.98 Å². The number of H-pyrrole nitrogens is 1. The summed E-state index contributed by atoms with van der Waals surface area (Å²) in [6.07, 6.45) is -3.96. The molecule has 1 unspecified atom stereocenters. The zero-order valence-corrected chi connectivity index (χ0v) is 12.6. The number of nitrogens with one attached hydrogen (secondary N) is 2. The monoisotopic (exact) mass is 346 g/mol. The quantitative estimate of drug-likeness (QED) is 0.240. The lowest BCUT2D eigenvalue weighted by Crippen LogP contribution is -2.59. The summed E-state index contributed by atoms with van der Waals surface area (Å²) in [5.74, 6) is 0.338. The molecular formula is C11H18N6O7. The van der Waals surface area contributed by atoms with Crippen LogP contribution in [-0.2, 0) is 4.74 Å². The van der Waals surface area contributed by atoms with Crippen molar-refractivity contribution in [3.63, 3.8) is 0 Å². The van der Waals surface area contributed by atoms with Crippen LogP contribution in [0.15, 0.2) is 22.3 Å². The number of anilines is 1. The van der Waals surface area contributed by atoms with Gasteiger partial charge in [-0.1, -0.05) is 0 Å². The Kier molecular flexibility index (Phi) is 7.19. The lowest BCUT2D eigenvalue weighted by molar-refractivity contribution is -0.192. The summed E-state index contributed by atoms with van der Waals surface area (Å²) in [6.45, 7) is -0.235. The van der Waals surface area contributed by atoms with E-state index >= 15 is 0 Å². The van der Waals surface area contributed by atoms with Crippen LogP contribution in [0.4, 0.5) is 10.6 Å². The van der Waals surface area contributed by atoms with Gasteiger partial charge < -0.3 is 31.1 Å². The van der Waals surface area contributed by atoms with Crippen LogP contribution in [0, 0.1) is 4.91 Å². The molecule has 1 aliphatic heterocycles. The van der Waals surface area contributed by atoms with Crippen LogP contribution in [0.1, 0.15) is 0 Å². The van der Waals surface area contributed by atoms with Crippen molar-refractivity contribution in [2.24, 2.45) is 5.29 Å². The van der Waals surface area contributed by atoms with Gasteiger partial charge in [0.25, 0.3) is 0 Å². The molecule has 0 radical (unpaired) electrons. The number of aromatic amines is 1. The topological polar surface area (TPSA) is 203 Å². The number of nitrogen functional groups attached to an aromatic ring is 1. The second kappa shape index (κ2) is 8.88. The zero-order chi connectivity index (χ0) is 18.3. The third-order valence-electron chi connectivity index (χ3n) is 2.88. The molecule has 0 bridgehead atoms. The van der Waals surface area contributed by atoms with E-state index in [9.17, 15) is 24.7 Å². The van der Waals surface area contributed by atoms with Gasteiger partial charge in [-0.25, -0.2) is 14.6 Å². The molecule has 1 fully saturated rings. The molecule has 13 heteroatoms. The predicted molar refractivity (Wildman–Crippen MR) is 79.1 cm³/mol. The number of urea groups is 1. The van der Waals surface area contributed by atoms with Gasteiger partial charge in [-0.05, 0) is 6.07 Å². The normalized spacial score (nSPS) is 25.8. The van der Waals surface area contributed by atoms with Crippen LogP contribution >= 0.6 is 0 Å². The molecule has 0 spiro atoms. The molecule has 1 aromatic heterocycles. The Labute approximate surface area is 135 Å². The Balaban J connectivity index is 0.000000300. The minimum Gasteiger partial charge on any atom is -0.388 e. The number of hydrogen-bond donors (Lipinski definition) is 6. The van der Waals surface area contributed by atoms with Crippen molar-refractivity contribution < 1.29 is 24.9 Å². The average molecular weight is 346 g/mol. The Hall–Kier alpha value is -2.61. The second-order valence-electron chi connectivity index (χ2n) is 4.69. The van der Waals surface area contributed by atoms with Crippen LogP contribution in [0.3, 0.4) is 0 Å². The van der Waals surface area contributed by atoms with E-state index in [2.05, 4.69) is 20.6 Å². The van der Waals surface area contributed by atoms with Gasteiger partial charge >= 0.3 is 11.7 Å². The van der Waals surface area contributed by atoms with Gasteiger partial charge in [0.2, 0.25) is 0 Å². The van der Waals surface area contributed by atoms with E-state index in [0.717, 1.165) is 7.05 Å². The Morgan fingerprint density at radius 3 is 2.67 bits per heavy atom. The Bertz CT molecular complexity index is 611. The number of rotatable bonds is 2. The summed E-state index contributed by atoms with van der Waals surface area (Å²) < 4.78 is 4.88. The number of nitrogens with zero attached hydrogens (tertiary/aromatic N) is 3. The molecule has 134 valence electrons. The van der Waals surface area contributed by atoms with Gasteiger partial charge in [0.15, 0.2) is 6.23 Å². The first-order chi connectivity index (χ1) is 11.3. The van der Waals surface area contributed by atoms with Crippen molar-refractivity contribution >= 4 is 11.8 Å². The highest BCUT2D eigenvalue weighted by atomic mass is 16.5. The van der Waals surface area contributed by atoms with Crippen LogP contribution in [0.25, 0.3) is 0 Å². The highest BCUT2D eigenvalue weighted by Crippen LogP contribution is 2.13. The third kappa shape index (κ3) is 5.54. The van der Waals surface area contributed by atoms with E-state index in [0.29, 0.717) is 10.8 Å². The number of nitrogens with two attached hydrogens (primary N) is 1. The molecule has 2 amide bonds. The lowest BCUT2D eigenvalue weighted by atomic mass is 10.0. The lowest BCUT2D eigenvalue weighted by Gasteiger charge is -2.35. The van der Waals surface area contributed by atoms with Crippen molar-refractivity contribution in [1.82, 2.24) is 20.3 Å². The summed E-state index contributed by atoms with van der Waals surface area (Å²) in [5.41, 5.74) is 4.75. The molecule has 2 heterocycles. The molecule has 4 atom stereocenters. The van der Waals surface area contributed by atoms with Crippen molar-refractivity contribution in [3.05, 3.63) is 27.7 Å².